The van der Waals surface area contributed by atoms with Crippen LogP contribution in [-0.2, 0) is 4.79 Å². The molecule has 0 saturated heterocycles. The Morgan fingerprint density at radius 1 is 1.31 bits per heavy atom. The van der Waals surface area contributed by atoms with Gasteiger partial charge in [-0.15, -0.1) is 0 Å². The van der Waals surface area contributed by atoms with Gasteiger partial charge < -0.3 is 15.7 Å². The standard InChI is InChI=1S/C12H24N2O2/c1-12(2,13-3)11(16)14-8-9-4-6-10(15)7-5-9/h9-10,13,15H,4-8H2,1-3H3,(H,14,16). The fourth-order valence-corrected chi connectivity index (χ4v) is 1.92. The van der Waals surface area contributed by atoms with Crippen LogP contribution in [0, 0.1) is 5.92 Å². The minimum Gasteiger partial charge on any atom is -0.393 e. The zero-order valence-electron chi connectivity index (χ0n) is 10.5. The first-order chi connectivity index (χ1) is 7.45. The average molecular weight is 228 g/mol. The molecule has 1 aliphatic rings. The number of hydrogen-bond acceptors (Lipinski definition) is 3. The number of hydrogen-bond donors (Lipinski definition) is 3. The van der Waals surface area contributed by atoms with E-state index in [4.69, 9.17) is 0 Å². The number of rotatable bonds is 4. The summed E-state index contributed by atoms with van der Waals surface area (Å²) in [6.45, 7) is 4.47. The molecule has 4 heteroatoms. The molecule has 1 fully saturated rings. The lowest BCUT2D eigenvalue weighted by Crippen LogP contribution is -2.52. The lowest BCUT2D eigenvalue weighted by Gasteiger charge is -2.28. The summed E-state index contributed by atoms with van der Waals surface area (Å²) in [6.07, 6.45) is 3.65. The predicted molar refractivity (Wildman–Crippen MR) is 64.1 cm³/mol. The highest BCUT2D eigenvalue weighted by Crippen LogP contribution is 2.23. The van der Waals surface area contributed by atoms with Gasteiger partial charge in [0.2, 0.25) is 5.91 Å². The van der Waals surface area contributed by atoms with E-state index < -0.39 is 5.54 Å². The molecule has 0 unspecified atom stereocenters. The van der Waals surface area contributed by atoms with Crippen LogP contribution >= 0.6 is 0 Å². The maximum absolute atomic E-state index is 11.8. The second kappa shape index (κ2) is 5.64. The van der Waals surface area contributed by atoms with E-state index in [2.05, 4.69) is 10.6 Å². The van der Waals surface area contributed by atoms with Gasteiger partial charge in [0, 0.05) is 6.54 Å². The van der Waals surface area contributed by atoms with E-state index >= 15 is 0 Å². The molecular formula is C12H24N2O2. The van der Waals surface area contributed by atoms with Crippen molar-refractivity contribution in [2.24, 2.45) is 5.92 Å². The highest BCUT2D eigenvalue weighted by atomic mass is 16.3. The van der Waals surface area contributed by atoms with Crippen LogP contribution in [-0.4, -0.2) is 36.2 Å². The minimum atomic E-state index is -0.506. The molecule has 1 rings (SSSR count). The molecule has 0 heterocycles. The smallest absolute Gasteiger partial charge is 0.239 e. The SMILES string of the molecule is CNC(C)(C)C(=O)NCC1CCC(O)CC1. The van der Waals surface area contributed by atoms with Crippen molar-refractivity contribution in [3.8, 4) is 0 Å². The van der Waals surface area contributed by atoms with Gasteiger partial charge in [0.05, 0.1) is 11.6 Å². The van der Waals surface area contributed by atoms with Crippen molar-refractivity contribution in [2.75, 3.05) is 13.6 Å². The van der Waals surface area contributed by atoms with Crippen LogP contribution in [0.4, 0.5) is 0 Å². The third-order valence-electron chi connectivity index (χ3n) is 3.56. The molecule has 1 aliphatic carbocycles. The van der Waals surface area contributed by atoms with Crippen LogP contribution in [0.2, 0.25) is 0 Å². The summed E-state index contributed by atoms with van der Waals surface area (Å²) in [5, 5.41) is 15.3. The fraction of sp³-hybridized carbons (Fsp3) is 0.917. The molecule has 4 nitrogen and oxygen atoms in total. The van der Waals surface area contributed by atoms with Gasteiger partial charge in [-0.2, -0.15) is 0 Å². The Morgan fingerprint density at radius 3 is 2.38 bits per heavy atom. The molecule has 0 radical (unpaired) electrons. The van der Waals surface area contributed by atoms with E-state index in [9.17, 15) is 9.90 Å². The van der Waals surface area contributed by atoms with E-state index in [1.54, 1.807) is 7.05 Å². The van der Waals surface area contributed by atoms with Crippen LogP contribution in [0.15, 0.2) is 0 Å². The van der Waals surface area contributed by atoms with Crippen molar-refractivity contribution in [1.29, 1.82) is 0 Å². The number of likely N-dealkylation sites (N-methyl/N-ethyl adjacent to an activating group) is 1. The summed E-state index contributed by atoms with van der Waals surface area (Å²) in [4.78, 5) is 11.8. The van der Waals surface area contributed by atoms with Crippen LogP contribution < -0.4 is 10.6 Å². The lowest BCUT2D eigenvalue weighted by molar-refractivity contribution is -0.126. The van der Waals surface area contributed by atoms with Gasteiger partial charge in [0.1, 0.15) is 0 Å². The molecule has 0 aromatic carbocycles. The molecule has 0 aromatic rings. The predicted octanol–water partition coefficient (Wildman–Crippen LogP) is 0.652. The molecule has 94 valence electrons. The van der Waals surface area contributed by atoms with Crippen molar-refractivity contribution in [2.45, 2.75) is 51.2 Å². The molecule has 1 amide bonds. The molecule has 0 atom stereocenters. The van der Waals surface area contributed by atoms with Gasteiger partial charge in [-0.3, -0.25) is 4.79 Å². The number of amides is 1. The monoisotopic (exact) mass is 228 g/mol. The molecule has 0 spiro atoms. The first-order valence-electron chi connectivity index (χ1n) is 6.11. The van der Waals surface area contributed by atoms with Crippen molar-refractivity contribution >= 4 is 5.91 Å². The first-order valence-corrected chi connectivity index (χ1v) is 6.11. The summed E-state index contributed by atoms with van der Waals surface area (Å²) in [5.41, 5.74) is -0.506. The molecule has 0 aliphatic heterocycles. The Morgan fingerprint density at radius 2 is 1.88 bits per heavy atom. The van der Waals surface area contributed by atoms with Crippen molar-refractivity contribution in [3.05, 3.63) is 0 Å². The van der Waals surface area contributed by atoms with Gasteiger partial charge >= 0.3 is 0 Å². The van der Waals surface area contributed by atoms with E-state index in [-0.39, 0.29) is 12.0 Å². The first kappa shape index (κ1) is 13.5. The maximum atomic E-state index is 11.8. The average Bonchev–Trinajstić information content (AvgIpc) is 2.28. The second-order valence-electron chi connectivity index (χ2n) is 5.26. The Balaban J connectivity index is 2.27. The summed E-state index contributed by atoms with van der Waals surface area (Å²) < 4.78 is 0. The zero-order chi connectivity index (χ0) is 12.2. The fourth-order valence-electron chi connectivity index (χ4n) is 1.92. The normalized spacial score (nSPS) is 26.5. The van der Waals surface area contributed by atoms with Gasteiger partial charge in [-0.25, -0.2) is 0 Å². The molecule has 1 saturated carbocycles. The van der Waals surface area contributed by atoms with E-state index in [1.165, 1.54) is 0 Å². The summed E-state index contributed by atoms with van der Waals surface area (Å²) >= 11 is 0. The third-order valence-corrected chi connectivity index (χ3v) is 3.56. The molecule has 0 bridgehead atoms. The molecule has 0 aromatic heterocycles. The van der Waals surface area contributed by atoms with Crippen molar-refractivity contribution in [1.82, 2.24) is 10.6 Å². The van der Waals surface area contributed by atoms with Crippen LogP contribution in [0.1, 0.15) is 39.5 Å². The van der Waals surface area contributed by atoms with E-state index in [1.807, 2.05) is 13.8 Å². The second-order valence-corrected chi connectivity index (χ2v) is 5.26. The minimum absolute atomic E-state index is 0.0427. The maximum Gasteiger partial charge on any atom is 0.239 e. The number of aliphatic hydroxyl groups excluding tert-OH is 1. The summed E-state index contributed by atoms with van der Waals surface area (Å²) in [6, 6.07) is 0. The topological polar surface area (TPSA) is 61.4 Å². The number of aliphatic hydroxyl groups is 1. The van der Waals surface area contributed by atoms with Crippen LogP contribution in [0.25, 0.3) is 0 Å². The number of nitrogens with one attached hydrogen (secondary N) is 2. The Labute approximate surface area is 97.8 Å². The van der Waals surface area contributed by atoms with Crippen molar-refractivity contribution < 1.29 is 9.90 Å². The lowest BCUT2D eigenvalue weighted by atomic mass is 9.87. The highest BCUT2D eigenvalue weighted by Gasteiger charge is 2.26. The third kappa shape index (κ3) is 3.76. The Bertz CT molecular complexity index is 233. The molecule has 3 N–H and O–H groups in total. The summed E-state index contributed by atoms with van der Waals surface area (Å²) in [7, 11) is 1.79. The van der Waals surface area contributed by atoms with Gasteiger partial charge in [0.15, 0.2) is 0 Å². The van der Waals surface area contributed by atoms with Crippen molar-refractivity contribution in [3.63, 3.8) is 0 Å². The summed E-state index contributed by atoms with van der Waals surface area (Å²) in [5.74, 6) is 0.570. The Kier molecular flexibility index (Phi) is 4.74. The Hall–Kier alpha value is -0.610. The number of carbonyl (C=O) groups is 1. The zero-order valence-corrected chi connectivity index (χ0v) is 10.5. The molecule has 16 heavy (non-hydrogen) atoms. The molecular weight excluding hydrogens is 204 g/mol. The largest absolute Gasteiger partial charge is 0.393 e. The van der Waals surface area contributed by atoms with E-state index in [0.717, 1.165) is 32.2 Å². The number of carbonyl (C=O) groups excluding carboxylic acids is 1. The van der Waals surface area contributed by atoms with Gasteiger partial charge in [0.25, 0.3) is 0 Å². The van der Waals surface area contributed by atoms with Gasteiger partial charge in [-0.1, -0.05) is 0 Å². The van der Waals surface area contributed by atoms with Crippen LogP contribution in [0.3, 0.4) is 0 Å². The highest BCUT2D eigenvalue weighted by molar-refractivity contribution is 5.85. The van der Waals surface area contributed by atoms with Gasteiger partial charge in [-0.05, 0) is 52.5 Å². The quantitative estimate of drug-likeness (QED) is 0.662. The van der Waals surface area contributed by atoms with E-state index in [0.29, 0.717) is 5.92 Å². The van der Waals surface area contributed by atoms with Crippen LogP contribution in [0.5, 0.6) is 0 Å².